The van der Waals surface area contributed by atoms with Gasteiger partial charge in [0, 0.05) is 23.2 Å². The molecule has 0 aromatic heterocycles. The fourth-order valence-electron chi connectivity index (χ4n) is 2.84. The molecule has 0 amide bonds. The number of phenolic OH excluding ortho intramolecular Hbond substituents is 1. The maximum atomic E-state index is 9.93. The van der Waals surface area contributed by atoms with E-state index in [9.17, 15) is 5.11 Å². The highest BCUT2D eigenvalue weighted by Gasteiger charge is 2.23. The van der Waals surface area contributed by atoms with Crippen LogP contribution in [0.5, 0.6) is 5.75 Å². The van der Waals surface area contributed by atoms with Crippen molar-refractivity contribution in [3.63, 3.8) is 0 Å². The van der Waals surface area contributed by atoms with Crippen molar-refractivity contribution in [2.45, 2.75) is 51.6 Å². The Bertz CT molecular complexity index is 372. The van der Waals surface area contributed by atoms with Crippen molar-refractivity contribution in [2.24, 2.45) is 0 Å². The average molecular weight is 268 g/mol. The van der Waals surface area contributed by atoms with E-state index in [1.165, 1.54) is 32.1 Å². The molecule has 100 valence electrons. The number of piperidine rings is 1. The summed E-state index contributed by atoms with van der Waals surface area (Å²) < 4.78 is 0. The van der Waals surface area contributed by atoms with Gasteiger partial charge in [0.2, 0.25) is 0 Å². The van der Waals surface area contributed by atoms with Gasteiger partial charge in [0.25, 0.3) is 0 Å². The first-order valence-electron chi connectivity index (χ1n) is 6.92. The molecule has 2 rings (SSSR count). The molecule has 3 heteroatoms. The molecule has 1 aromatic carbocycles. The van der Waals surface area contributed by atoms with Crippen LogP contribution in [-0.4, -0.2) is 22.6 Å². The summed E-state index contributed by atoms with van der Waals surface area (Å²) in [6.45, 7) is 4.13. The minimum atomic E-state index is 0.323. The number of nitrogens with zero attached hydrogens (tertiary/aromatic N) is 1. The number of aromatic hydroxyl groups is 1. The molecule has 1 fully saturated rings. The molecule has 0 spiro atoms. The normalized spacial score (nSPS) is 21.1. The third-order valence-corrected chi connectivity index (χ3v) is 4.18. The van der Waals surface area contributed by atoms with Crippen LogP contribution in [-0.2, 0) is 6.54 Å². The van der Waals surface area contributed by atoms with Gasteiger partial charge in [-0.15, -0.1) is 0 Å². The lowest BCUT2D eigenvalue weighted by molar-refractivity contribution is 0.130. The molecular weight excluding hydrogens is 246 g/mol. The Kier molecular flexibility index (Phi) is 4.90. The minimum Gasteiger partial charge on any atom is -0.508 e. The Labute approximate surface area is 115 Å². The summed E-state index contributed by atoms with van der Waals surface area (Å²) >= 11 is 6.19. The summed E-state index contributed by atoms with van der Waals surface area (Å²) in [6, 6.07) is 6.02. The van der Waals surface area contributed by atoms with E-state index in [2.05, 4.69) is 11.8 Å². The highest BCUT2D eigenvalue weighted by Crippen LogP contribution is 2.30. The second kappa shape index (κ2) is 6.44. The average Bonchev–Trinajstić information content (AvgIpc) is 2.36. The molecular formula is C15H22ClNO. The molecule has 18 heavy (non-hydrogen) atoms. The zero-order chi connectivity index (χ0) is 13.0. The number of benzene rings is 1. The number of hydrogen-bond donors (Lipinski definition) is 1. The van der Waals surface area contributed by atoms with Gasteiger partial charge in [-0.25, -0.2) is 0 Å². The number of halogens is 1. The van der Waals surface area contributed by atoms with Gasteiger partial charge in [0.15, 0.2) is 0 Å². The largest absolute Gasteiger partial charge is 0.508 e. The summed E-state index contributed by atoms with van der Waals surface area (Å²) in [5.74, 6) is 0.323. The van der Waals surface area contributed by atoms with Crippen molar-refractivity contribution < 1.29 is 5.11 Å². The van der Waals surface area contributed by atoms with Gasteiger partial charge in [-0.2, -0.15) is 0 Å². The number of rotatable bonds is 4. The molecule has 1 atom stereocenters. The van der Waals surface area contributed by atoms with Crippen LogP contribution in [0.1, 0.15) is 44.6 Å². The predicted molar refractivity (Wildman–Crippen MR) is 76.1 cm³/mol. The molecule has 1 aliphatic rings. The van der Waals surface area contributed by atoms with Crippen LogP contribution in [0.4, 0.5) is 0 Å². The van der Waals surface area contributed by atoms with Crippen LogP contribution in [0, 0.1) is 0 Å². The van der Waals surface area contributed by atoms with E-state index in [0.717, 1.165) is 18.7 Å². The van der Waals surface area contributed by atoms with Crippen molar-refractivity contribution in [1.29, 1.82) is 0 Å². The zero-order valence-corrected chi connectivity index (χ0v) is 11.8. The SMILES string of the molecule is CCCC1CCCCN1Cc1c(O)cccc1Cl. The second-order valence-electron chi connectivity index (χ2n) is 5.15. The summed E-state index contributed by atoms with van der Waals surface area (Å²) in [5.41, 5.74) is 0.877. The predicted octanol–water partition coefficient (Wildman–Crippen LogP) is 4.20. The maximum absolute atomic E-state index is 9.93. The monoisotopic (exact) mass is 267 g/mol. The van der Waals surface area contributed by atoms with Crippen LogP contribution in [0.3, 0.4) is 0 Å². The van der Waals surface area contributed by atoms with Crippen LogP contribution in [0.2, 0.25) is 5.02 Å². The van der Waals surface area contributed by atoms with Crippen LogP contribution in [0.25, 0.3) is 0 Å². The molecule has 1 N–H and O–H groups in total. The van der Waals surface area contributed by atoms with E-state index in [0.29, 0.717) is 16.8 Å². The van der Waals surface area contributed by atoms with Crippen molar-refractivity contribution in [2.75, 3.05) is 6.54 Å². The van der Waals surface area contributed by atoms with Gasteiger partial charge < -0.3 is 5.11 Å². The van der Waals surface area contributed by atoms with Crippen molar-refractivity contribution >= 4 is 11.6 Å². The van der Waals surface area contributed by atoms with Gasteiger partial charge in [-0.05, 0) is 37.9 Å². The zero-order valence-electron chi connectivity index (χ0n) is 11.0. The van der Waals surface area contributed by atoms with Crippen LogP contribution >= 0.6 is 11.6 Å². The number of likely N-dealkylation sites (tertiary alicyclic amines) is 1. The maximum Gasteiger partial charge on any atom is 0.121 e. The molecule has 0 aliphatic carbocycles. The molecule has 0 saturated carbocycles. The van der Waals surface area contributed by atoms with Crippen LogP contribution < -0.4 is 0 Å². The second-order valence-corrected chi connectivity index (χ2v) is 5.55. The minimum absolute atomic E-state index is 0.323. The molecule has 1 aromatic rings. The van der Waals surface area contributed by atoms with Gasteiger partial charge in [0.1, 0.15) is 5.75 Å². The van der Waals surface area contributed by atoms with Gasteiger partial charge in [0.05, 0.1) is 0 Å². The van der Waals surface area contributed by atoms with E-state index in [1.54, 1.807) is 12.1 Å². The summed E-state index contributed by atoms with van der Waals surface area (Å²) in [6.07, 6.45) is 6.32. The third-order valence-electron chi connectivity index (χ3n) is 3.83. The first-order valence-corrected chi connectivity index (χ1v) is 7.30. The number of phenols is 1. The molecule has 1 unspecified atom stereocenters. The molecule has 2 nitrogen and oxygen atoms in total. The molecule has 1 saturated heterocycles. The van der Waals surface area contributed by atoms with Crippen molar-refractivity contribution in [1.82, 2.24) is 4.90 Å². The van der Waals surface area contributed by atoms with Crippen LogP contribution in [0.15, 0.2) is 18.2 Å². The molecule has 1 heterocycles. The molecule has 1 aliphatic heterocycles. The Morgan fingerprint density at radius 2 is 2.22 bits per heavy atom. The van der Waals surface area contributed by atoms with Crippen molar-refractivity contribution in [3.8, 4) is 5.75 Å². The Morgan fingerprint density at radius 3 is 2.94 bits per heavy atom. The number of hydrogen-bond acceptors (Lipinski definition) is 2. The first kappa shape index (κ1) is 13.7. The lowest BCUT2D eigenvalue weighted by Crippen LogP contribution is -2.38. The van der Waals surface area contributed by atoms with Gasteiger partial charge >= 0.3 is 0 Å². The highest BCUT2D eigenvalue weighted by molar-refractivity contribution is 6.31. The van der Waals surface area contributed by atoms with E-state index in [-0.39, 0.29) is 0 Å². The Morgan fingerprint density at radius 1 is 1.39 bits per heavy atom. The van der Waals surface area contributed by atoms with Gasteiger partial charge in [-0.3, -0.25) is 4.90 Å². The topological polar surface area (TPSA) is 23.5 Å². The van der Waals surface area contributed by atoms with E-state index >= 15 is 0 Å². The molecule has 0 bridgehead atoms. The highest BCUT2D eigenvalue weighted by atomic mass is 35.5. The lowest BCUT2D eigenvalue weighted by Gasteiger charge is -2.36. The van der Waals surface area contributed by atoms with E-state index in [1.807, 2.05) is 6.07 Å². The standard InChI is InChI=1S/C15H22ClNO/c1-2-6-12-7-3-4-10-17(12)11-13-14(16)8-5-9-15(13)18/h5,8-9,12,18H,2-4,6-7,10-11H2,1H3. The Balaban J connectivity index is 2.11. The smallest absolute Gasteiger partial charge is 0.121 e. The third kappa shape index (κ3) is 3.18. The van der Waals surface area contributed by atoms with Gasteiger partial charge in [-0.1, -0.05) is 37.4 Å². The lowest BCUT2D eigenvalue weighted by atomic mass is 9.97. The summed E-state index contributed by atoms with van der Waals surface area (Å²) in [7, 11) is 0. The summed E-state index contributed by atoms with van der Waals surface area (Å²) in [5, 5.41) is 10.6. The van der Waals surface area contributed by atoms with Crippen molar-refractivity contribution in [3.05, 3.63) is 28.8 Å². The summed E-state index contributed by atoms with van der Waals surface area (Å²) in [4.78, 5) is 2.48. The Hall–Kier alpha value is -0.730. The van der Waals surface area contributed by atoms with E-state index in [4.69, 9.17) is 11.6 Å². The molecule has 0 radical (unpaired) electrons. The fourth-order valence-corrected chi connectivity index (χ4v) is 3.06. The first-order chi connectivity index (χ1) is 8.72. The quantitative estimate of drug-likeness (QED) is 0.884. The fraction of sp³-hybridized carbons (Fsp3) is 0.600. The van der Waals surface area contributed by atoms with E-state index < -0.39 is 0 Å².